The van der Waals surface area contributed by atoms with Crippen LogP contribution < -0.4 is 0 Å². The molecule has 2 heterocycles. The molecule has 32 heavy (non-hydrogen) atoms. The summed E-state index contributed by atoms with van der Waals surface area (Å²) in [5.41, 5.74) is 0.897. The summed E-state index contributed by atoms with van der Waals surface area (Å²) >= 11 is 1.47. The first-order valence-electron chi connectivity index (χ1n) is 10.7. The Morgan fingerprint density at radius 3 is 2.50 bits per heavy atom. The molecule has 2 aromatic carbocycles. The number of ether oxygens (including phenoxy) is 4. The molecule has 0 spiro atoms. The molecule has 2 fully saturated rings. The highest BCUT2D eigenvalue weighted by atomic mass is 32.2. The van der Waals surface area contributed by atoms with Crippen LogP contribution in [0.25, 0.3) is 0 Å². The number of methoxy groups -OCH3 is 1. The minimum Gasteiger partial charge on any atom is -0.450 e. The van der Waals surface area contributed by atoms with Gasteiger partial charge in [0.05, 0.1) is 26.4 Å². The average Bonchev–Trinajstić information content (AvgIpc) is 3.42. The Labute approximate surface area is 192 Å². The van der Waals surface area contributed by atoms with E-state index in [0.717, 1.165) is 15.4 Å². The molecule has 1 unspecified atom stereocenters. The quantitative estimate of drug-likeness (QED) is 0.610. The summed E-state index contributed by atoms with van der Waals surface area (Å²) in [6.45, 7) is 5.97. The predicted molar refractivity (Wildman–Crippen MR) is 118 cm³/mol. The number of amides is 1. The van der Waals surface area contributed by atoms with E-state index in [9.17, 15) is 9.18 Å². The molecule has 0 radical (unpaired) electrons. The fraction of sp³-hybridized carbons (Fsp3) is 0.458. The first-order valence-corrected chi connectivity index (χ1v) is 11.5. The molecule has 0 aliphatic carbocycles. The van der Waals surface area contributed by atoms with Gasteiger partial charge in [0.15, 0.2) is 5.79 Å². The Kier molecular flexibility index (Phi) is 6.76. The summed E-state index contributed by atoms with van der Waals surface area (Å²) in [6.07, 6.45) is 0.199. The topological polar surface area (TPSA) is 57.2 Å². The molecule has 0 aromatic heterocycles. The summed E-state index contributed by atoms with van der Waals surface area (Å²) < 4.78 is 36.9. The first kappa shape index (κ1) is 23.0. The fourth-order valence-electron chi connectivity index (χ4n) is 4.20. The molecule has 2 aliphatic rings. The van der Waals surface area contributed by atoms with Crippen LogP contribution in [0.3, 0.4) is 0 Å². The van der Waals surface area contributed by atoms with Crippen LogP contribution in [0.5, 0.6) is 0 Å². The van der Waals surface area contributed by atoms with Crippen molar-refractivity contribution in [2.24, 2.45) is 0 Å². The standard InChI is InChI=1S/C24H28FNO5S/c1-4-29-22(27)26-10-9-24(16-26,28-3)18-13-19(25)15-21(14-18)32-20-7-5-17(6-8-20)23(2)30-11-12-31-23/h5-8,13-15H,4,9-12,16H2,1-3H3. The second-order valence-electron chi connectivity index (χ2n) is 8.01. The summed E-state index contributed by atoms with van der Waals surface area (Å²) in [6, 6.07) is 12.8. The van der Waals surface area contributed by atoms with E-state index in [2.05, 4.69) is 0 Å². The van der Waals surface area contributed by atoms with Gasteiger partial charge in [0.2, 0.25) is 0 Å². The number of carbonyl (C=O) groups is 1. The van der Waals surface area contributed by atoms with Gasteiger partial charge in [-0.05, 0) is 49.7 Å². The van der Waals surface area contributed by atoms with Crippen molar-refractivity contribution < 1.29 is 28.1 Å². The Morgan fingerprint density at radius 1 is 1.12 bits per heavy atom. The lowest BCUT2D eigenvalue weighted by Crippen LogP contribution is -2.36. The van der Waals surface area contributed by atoms with E-state index in [1.54, 1.807) is 18.9 Å². The lowest BCUT2D eigenvalue weighted by molar-refractivity contribution is -0.149. The van der Waals surface area contributed by atoms with Crippen LogP contribution in [0.15, 0.2) is 52.3 Å². The Hall–Kier alpha value is -2.13. The third-order valence-electron chi connectivity index (χ3n) is 6.00. The van der Waals surface area contributed by atoms with Crippen LogP contribution in [0.1, 0.15) is 31.4 Å². The Balaban J connectivity index is 1.53. The Bertz CT molecular complexity index is 963. The number of nitrogens with zero attached hydrogens (tertiary/aromatic N) is 1. The minimum atomic E-state index is -0.764. The average molecular weight is 462 g/mol. The van der Waals surface area contributed by atoms with Crippen molar-refractivity contribution in [2.45, 2.75) is 41.4 Å². The molecule has 4 rings (SSSR count). The molecule has 8 heteroatoms. The van der Waals surface area contributed by atoms with Crippen LogP contribution in [0.4, 0.5) is 9.18 Å². The monoisotopic (exact) mass is 461 g/mol. The number of rotatable bonds is 6. The van der Waals surface area contributed by atoms with E-state index in [1.165, 1.54) is 23.9 Å². The third kappa shape index (κ3) is 4.64. The predicted octanol–water partition coefficient (Wildman–Crippen LogP) is 4.90. The van der Waals surface area contributed by atoms with Crippen molar-refractivity contribution in [3.63, 3.8) is 0 Å². The number of likely N-dealkylation sites (tertiary alicyclic amines) is 1. The molecular weight excluding hydrogens is 433 g/mol. The maximum atomic E-state index is 14.6. The van der Waals surface area contributed by atoms with E-state index < -0.39 is 11.4 Å². The molecule has 2 aromatic rings. The number of hydrogen-bond donors (Lipinski definition) is 0. The van der Waals surface area contributed by atoms with Gasteiger partial charge in [-0.2, -0.15) is 0 Å². The van der Waals surface area contributed by atoms with Crippen LogP contribution in [0.2, 0.25) is 0 Å². The largest absolute Gasteiger partial charge is 0.450 e. The third-order valence-corrected chi connectivity index (χ3v) is 6.98. The zero-order chi connectivity index (χ0) is 22.8. The number of hydrogen-bond acceptors (Lipinski definition) is 6. The number of halogens is 1. The Morgan fingerprint density at radius 2 is 1.84 bits per heavy atom. The molecule has 172 valence electrons. The van der Waals surface area contributed by atoms with Crippen LogP contribution in [0, 0.1) is 5.82 Å². The molecule has 0 N–H and O–H groups in total. The molecule has 1 atom stereocenters. The van der Waals surface area contributed by atoms with E-state index in [-0.39, 0.29) is 11.9 Å². The van der Waals surface area contributed by atoms with Crippen molar-refractivity contribution in [1.29, 1.82) is 0 Å². The maximum Gasteiger partial charge on any atom is 0.409 e. The van der Waals surface area contributed by atoms with Crippen molar-refractivity contribution in [2.75, 3.05) is 40.0 Å². The molecule has 2 saturated heterocycles. The molecule has 2 aliphatic heterocycles. The molecule has 0 saturated carbocycles. The zero-order valence-corrected chi connectivity index (χ0v) is 19.4. The number of benzene rings is 2. The smallest absolute Gasteiger partial charge is 0.409 e. The van der Waals surface area contributed by atoms with Gasteiger partial charge in [-0.15, -0.1) is 0 Å². The van der Waals surface area contributed by atoms with Crippen LogP contribution in [-0.4, -0.2) is 51.0 Å². The van der Waals surface area contributed by atoms with Gasteiger partial charge in [-0.25, -0.2) is 9.18 Å². The van der Waals surface area contributed by atoms with Crippen LogP contribution >= 0.6 is 11.8 Å². The summed E-state index contributed by atoms with van der Waals surface area (Å²) in [5, 5.41) is 0. The van der Waals surface area contributed by atoms with Gasteiger partial charge >= 0.3 is 6.09 Å². The molecule has 0 bridgehead atoms. The SMILES string of the molecule is CCOC(=O)N1CCC(OC)(c2cc(F)cc(Sc3ccc(C4(C)OCCO4)cc3)c2)C1. The highest BCUT2D eigenvalue weighted by molar-refractivity contribution is 7.99. The summed E-state index contributed by atoms with van der Waals surface area (Å²) in [5.74, 6) is -1.05. The molecular formula is C24H28FNO5S. The van der Waals surface area contributed by atoms with E-state index in [0.29, 0.717) is 44.9 Å². The van der Waals surface area contributed by atoms with E-state index in [4.69, 9.17) is 18.9 Å². The fourth-order valence-corrected chi connectivity index (χ4v) is 5.10. The van der Waals surface area contributed by atoms with Crippen molar-refractivity contribution in [3.8, 4) is 0 Å². The summed E-state index contributed by atoms with van der Waals surface area (Å²) in [4.78, 5) is 15.5. The molecule has 1 amide bonds. The van der Waals surface area contributed by atoms with Gasteiger partial charge in [0.1, 0.15) is 11.4 Å². The summed E-state index contributed by atoms with van der Waals surface area (Å²) in [7, 11) is 1.60. The van der Waals surface area contributed by atoms with E-state index in [1.807, 2.05) is 37.3 Å². The maximum absolute atomic E-state index is 14.6. The first-order chi connectivity index (χ1) is 15.4. The van der Waals surface area contributed by atoms with Gasteiger partial charge in [0, 0.05) is 35.4 Å². The normalized spacial score (nSPS) is 22.3. The lowest BCUT2D eigenvalue weighted by atomic mass is 9.92. The van der Waals surface area contributed by atoms with Gasteiger partial charge in [0.25, 0.3) is 0 Å². The van der Waals surface area contributed by atoms with Crippen molar-refractivity contribution in [1.82, 2.24) is 4.90 Å². The second kappa shape index (κ2) is 9.39. The van der Waals surface area contributed by atoms with Gasteiger partial charge < -0.3 is 23.8 Å². The minimum absolute atomic E-state index is 0.312. The van der Waals surface area contributed by atoms with Crippen molar-refractivity contribution in [3.05, 3.63) is 59.4 Å². The number of carbonyl (C=O) groups excluding carboxylic acids is 1. The second-order valence-corrected chi connectivity index (χ2v) is 9.16. The highest BCUT2D eigenvalue weighted by Gasteiger charge is 2.42. The highest BCUT2D eigenvalue weighted by Crippen LogP contribution is 2.39. The zero-order valence-electron chi connectivity index (χ0n) is 18.6. The van der Waals surface area contributed by atoms with Gasteiger partial charge in [-0.1, -0.05) is 23.9 Å². The lowest BCUT2D eigenvalue weighted by Gasteiger charge is -2.29. The van der Waals surface area contributed by atoms with E-state index >= 15 is 0 Å². The van der Waals surface area contributed by atoms with Crippen molar-refractivity contribution >= 4 is 17.9 Å². The van der Waals surface area contributed by atoms with Gasteiger partial charge in [-0.3, -0.25) is 0 Å². The van der Waals surface area contributed by atoms with Crippen LogP contribution in [-0.2, 0) is 30.3 Å². The molecule has 6 nitrogen and oxygen atoms in total.